The minimum atomic E-state index is 0.238. The molecule has 0 amide bonds. The maximum absolute atomic E-state index is 6.20. The van der Waals surface area contributed by atoms with E-state index in [0.29, 0.717) is 0 Å². The van der Waals surface area contributed by atoms with Gasteiger partial charge in [-0.05, 0) is 22.9 Å². The maximum Gasteiger partial charge on any atom is 0.180 e. The van der Waals surface area contributed by atoms with Gasteiger partial charge in [0.2, 0.25) is 0 Å². The summed E-state index contributed by atoms with van der Waals surface area (Å²) in [5.74, 6) is 1.08. The molecule has 0 radical (unpaired) electrons. The van der Waals surface area contributed by atoms with Crippen molar-refractivity contribution in [2.75, 3.05) is 0 Å². The summed E-state index contributed by atoms with van der Waals surface area (Å²) < 4.78 is 6.20. The van der Waals surface area contributed by atoms with Gasteiger partial charge < -0.3 is 4.42 Å². The Morgan fingerprint density at radius 1 is 0.769 bits per heavy atom. The normalized spacial score (nSPS) is 11.8. The van der Waals surface area contributed by atoms with Crippen molar-refractivity contribution in [1.82, 2.24) is 9.97 Å². The Labute approximate surface area is 151 Å². The van der Waals surface area contributed by atoms with Gasteiger partial charge in [-0.15, -0.1) is 0 Å². The monoisotopic (exact) mass is 338 g/mol. The van der Waals surface area contributed by atoms with Crippen LogP contribution >= 0.6 is 0 Å². The average molecular weight is 338 g/mol. The highest BCUT2D eigenvalue weighted by Gasteiger charge is 2.19. The smallest absolute Gasteiger partial charge is 0.180 e. The molecule has 0 N–H and O–H groups in total. The second kappa shape index (κ2) is 5.67. The number of hydrogen-bond donors (Lipinski definition) is 0. The van der Waals surface area contributed by atoms with Crippen LogP contribution in [0.2, 0.25) is 0 Å². The SMILES string of the molecule is CC(C)c1nc(-c2cccc3ccccc23)c2oc3ccccc3c2n1. The van der Waals surface area contributed by atoms with Gasteiger partial charge in [-0.25, -0.2) is 9.97 Å². The van der Waals surface area contributed by atoms with Crippen LogP contribution in [0.1, 0.15) is 25.6 Å². The molecule has 0 unspecified atom stereocenters. The molecule has 0 aliphatic carbocycles. The number of rotatable bonds is 2. The minimum absolute atomic E-state index is 0.238. The average Bonchev–Trinajstić information content (AvgIpc) is 3.05. The molecule has 0 fully saturated rings. The lowest BCUT2D eigenvalue weighted by Crippen LogP contribution is -2.00. The molecule has 126 valence electrons. The molecule has 5 rings (SSSR count). The molecule has 0 spiro atoms. The van der Waals surface area contributed by atoms with Crippen molar-refractivity contribution < 1.29 is 4.42 Å². The maximum atomic E-state index is 6.20. The Bertz CT molecular complexity index is 1260. The lowest BCUT2D eigenvalue weighted by molar-refractivity contribution is 0.664. The van der Waals surface area contributed by atoms with Crippen LogP contribution in [0, 0.1) is 0 Å². The Morgan fingerprint density at radius 2 is 1.50 bits per heavy atom. The number of nitrogens with zero attached hydrogens (tertiary/aromatic N) is 2. The molecule has 3 heteroatoms. The molecule has 3 aromatic carbocycles. The zero-order valence-electron chi connectivity index (χ0n) is 14.7. The Balaban J connectivity index is 1.95. The zero-order valence-corrected chi connectivity index (χ0v) is 14.7. The molecule has 3 nitrogen and oxygen atoms in total. The van der Waals surface area contributed by atoms with E-state index in [-0.39, 0.29) is 5.92 Å². The van der Waals surface area contributed by atoms with Gasteiger partial charge in [0.15, 0.2) is 5.58 Å². The van der Waals surface area contributed by atoms with Crippen molar-refractivity contribution in [3.63, 3.8) is 0 Å². The van der Waals surface area contributed by atoms with Crippen LogP contribution in [0.25, 0.3) is 44.1 Å². The van der Waals surface area contributed by atoms with E-state index >= 15 is 0 Å². The van der Waals surface area contributed by atoms with Gasteiger partial charge in [0.05, 0.1) is 0 Å². The Kier molecular flexibility index (Phi) is 3.29. The third-order valence-electron chi connectivity index (χ3n) is 4.80. The van der Waals surface area contributed by atoms with Crippen LogP contribution in [0.5, 0.6) is 0 Å². The second-order valence-electron chi connectivity index (χ2n) is 6.89. The predicted molar refractivity (Wildman–Crippen MR) is 106 cm³/mol. The van der Waals surface area contributed by atoms with Gasteiger partial charge in [-0.3, -0.25) is 0 Å². The van der Waals surface area contributed by atoms with Crippen molar-refractivity contribution >= 4 is 32.8 Å². The third kappa shape index (κ3) is 2.21. The summed E-state index contributed by atoms with van der Waals surface area (Å²) >= 11 is 0. The standard InChI is InChI=1S/C23H18N2O/c1-14(2)23-24-20(17-12-7-9-15-8-3-4-10-16(15)17)22-21(25-23)18-11-5-6-13-19(18)26-22/h3-14H,1-2H3. The van der Waals surface area contributed by atoms with E-state index in [4.69, 9.17) is 14.4 Å². The lowest BCUT2D eigenvalue weighted by Gasteiger charge is -2.10. The van der Waals surface area contributed by atoms with E-state index in [1.165, 1.54) is 10.8 Å². The van der Waals surface area contributed by atoms with Gasteiger partial charge >= 0.3 is 0 Å². The number of benzene rings is 3. The van der Waals surface area contributed by atoms with Crippen LogP contribution in [0.3, 0.4) is 0 Å². The van der Waals surface area contributed by atoms with Crippen LogP contribution in [0.4, 0.5) is 0 Å². The molecule has 0 bridgehead atoms. The molecular formula is C23H18N2O. The van der Waals surface area contributed by atoms with Gasteiger partial charge in [0.1, 0.15) is 22.6 Å². The van der Waals surface area contributed by atoms with Gasteiger partial charge in [0, 0.05) is 16.9 Å². The van der Waals surface area contributed by atoms with Gasteiger partial charge in [0.25, 0.3) is 0 Å². The molecule has 26 heavy (non-hydrogen) atoms. The Hall–Kier alpha value is -3.20. The summed E-state index contributed by atoms with van der Waals surface area (Å²) in [6.07, 6.45) is 0. The van der Waals surface area contributed by atoms with Crippen molar-refractivity contribution in [2.45, 2.75) is 19.8 Å². The van der Waals surface area contributed by atoms with Crippen molar-refractivity contribution in [2.24, 2.45) is 0 Å². The summed E-state index contributed by atoms with van der Waals surface area (Å²) in [5, 5.41) is 3.40. The Morgan fingerprint density at radius 3 is 2.35 bits per heavy atom. The highest BCUT2D eigenvalue weighted by molar-refractivity contribution is 6.09. The predicted octanol–water partition coefficient (Wildman–Crippen LogP) is 6.32. The summed E-state index contributed by atoms with van der Waals surface area (Å²) in [7, 11) is 0. The lowest BCUT2D eigenvalue weighted by atomic mass is 10.0. The van der Waals surface area contributed by atoms with Crippen molar-refractivity contribution in [1.29, 1.82) is 0 Å². The van der Waals surface area contributed by atoms with Crippen LogP contribution in [-0.2, 0) is 0 Å². The molecule has 2 aromatic heterocycles. The number of fused-ring (bicyclic) bond motifs is 4. The van der Waals surface area contributed by atoms with Crippen LogP contribution in [-0.4, -0.2) is 9.97 Å². The first kappa shape index (κ1) is 15.1. The summed E-state index contributed by atoms with van der Waals surface area (Å²) in [5.41, 5.74) is 4.44. The largest absolute Gasteiger partial charge is 0.452 e. The summed E-state index contributed by atoms with van der Waals surface area (Å²) in [6.45, 7) is 4.24. The van der Waals surface area contributed by atoms with Gasteiger partial charge in [-0.2, -0.15) is 0 Å². The first-order valence-electron chi connectivity index (χ1n) is 8.89. The minimum Gasteiger partial charge on any atom is -0.452 e. The molecule has 0 aliphatic rings. The first-order valence-corrected chi connectivity index (χ1v) is 8.89. The molecule has 0 atom stereocenters. The van der Waals surface area contributed by atoms with Crippen LogP contribution in [0.15, 0.2) is 71.1 Å². The molecule has 0 saturated heterocycles. The molecule has 5 aromatic rings. The van der Waals surface area contributed by atoms with Gasteiger partial charge in [-0.1, -0.05) is 68.4 Å². The molecular weight excluding hydrogens is 320 g/mol. The van der Waals surface area contributed by atoms with E-state index in [2.05, 4.69) is 62.4 Å². The van der Waals surface area contributed by atoms with Crippen molar-refractivity contribution in [3.05, 3.63) is 72.6 Å². The zero-order chi connectivity index (χ0) is 17.7. The topological polar surface area (TPSA) is 38.9 Å². The fourth-order valence-corrected chi connectivity index (χ4v) is 3.48. The fourth-order valence-electron chi connectivity index (χ4n) is 3.48. The van der Waals surface area contributed by atoms with E-state index in [0.717, 1.165) is 39.2 Å². The van der Waals surface area contributed by atoms with E-state index in [1.54, 1.807) is 0 Å². The first-order chi connectivity index (χ1) is 12.7. The third-order valence-corrected chi connectivity index (χ3v) is 4.80. The summed E-state index contributed by atoms with van der Waals surface area (Å²) in [6, 6.07) is 22.7. The molecule has 0 aliphatic heterocycles. The summed E-state index contributed by atoms with van der Waals surface area (Å²) in [4.78, 5) is 9.74. The second-order valence-corrected chi connectivity index (χ2v) is 6.89. The quantitative estimate of drug-likeness (QED) is 0.378. The number of furan rings is 1. The number of para-hydroxylation sites is 1. The highest BCUT2D eigenvalue weighted by atomic mass is 16.3. The van der Waals surface area contributed by atoms with E-state index in [9.17, 15) is 0 Å². The number of aromatic nitrogens is 2. The molecule has 0 saturated carbocycles. The fraction of sp³-hybridized carbons (Fsp3) is 0.130. The van der Waals surface area contributed by atoms with Crippen LogP contribution < -0.4 is 0 Å². The number of hydrogen-bond acceptors (Lipinski definition) is 3. The highest BCUT2D eigenvalue weighted by Crippen LogP contribution is 2.37. The molecule has 2 heterocycles. The van der Waals surface area contributed by atoms with Crippen molar-refractivity contribution in [3.8, 4) is 11.3 Å². The van der Waals surface area contributed by atoms with E-state index in [1.807, 2.05) is 18.2 Å². The van der Waals surface area contributed by atoms with E-state index < -0.39 is 0 Å².